The molecule has 1 amide bonds. The average molecular weight is 233 g/mol. The van der Waals surface area contributed by atoms with Crippen molar-refractivity contribution < 1.29 is 9.18 Å². The number of hydrogen-bond donors (Lipinski definition) is 1. The Hall–Kier alpha value is -1.90. The molecule has 0 spiro atoms. The molecule has 1 aromatic rings. The summed E-state index contributed by atoms with van der Waals surface area (Å²) < 4.78 is 12.8. The molecule has 2 nitrogen and oxygen atoms in total. The van der Waals surface area contributed by atoms with Crippen LogP contribution in [-0.2, 0) is 4.79 Å². The standard InChI is InChI=1S/C14H16FNO/c1-4-9-16-14(17)11(3)10(2)12-5-7-13(15)8-6-12/h4-8H,1,9H2,2-3H3,(H,16,17)/b11-10+. The van der Waals surface area contributed by atoms with Crippen LogP contribution in [0.4, 0.5) is 4.39 Å². The van der Waals surface area contributed by atoms with Crippen LogP contribution in [0.2, 0.25) is 0 Å². The second kappa shape index (κ2) is 5.99. The Morgan fingerprint density at radius 3 is 2.47 bits per heavy atom. The number of rotatable bonds is 4. The van der Waals surface area contributed by atoms with Crippen LogP contribution in [0.5, 0.6) is 0 Å². The molecule has 17 heavy (non-hydrogen) atoms. The molecule has 0 radical (unpaired) electrons. The highest BCUT2D eigenvalue weighted by Gasteiger charge is 2.08. The van der Waals surface area contributed by atoms with Crippen molar-refractivity contribution in [2.24, 2.45) is 0 Å². The van der Waals surface area contributed by atoms with E-state index in [9.17, 15) is 9.18 Å². The lowest BCUT2D eigenvalue weighted by Crippen LogP contribution is -2.24. The van der Waals surface area contributed by atoms with Crippen molar-refractivity contribution >= 4 is 11.5 Å². The Morgan fingerprint density at radius 1 is 1.35 bits per heavy atom. The van der Waals surface area contributed by atoms with Crippen molar-refractivity contribution in [1.29, 1.82) is 0 Å². The second-order valence-electron chi connectivity index (χ2n) is 3.76. The summed E-state index contributed by atoms with van der Waals surface area (Å²) in [5, 5.41) is 2.71. The number of carbonyl (C=O) groups excluding carboxylic acids is 1. The van der Waals surface area contributed by atoms with Crippen LogP contribution in [0.3, 0.4) is 0 Å². The lowest BCUT2D eigenvalue weighted by Gasteiger charge is -2.08. The molecule has 0 bridgehead atoms. The average Bonchev–Trinajstić information content (AvgIpc) is 2.35. The van der Waals surface area contributed by atoms with E-state index in [1.807, 2.05) is 6.92 Å². The third kappa shape index (κ3) is 3.55. The van der Waals surface area contributed by atoms with Crippen LogP contribution >= 0.6 is 0 Å². The summed E-state index contributed by atoms with van der Waals surface area (Å²) >= 11 is 0. The van der Waals surface area contributed by atoms with Gasteiger partial charge in [-0.15, -0.1) is 6.58 Å². The first-order valence-corrected chi connectivity index (χ1v) is 5.38. The molecule has 0 aromatic heterocycles. The summed E-state index contributed by atoms with van der Waals surface area (Å²) in [7, 11) is 0. The van der Waals surface area contributed by atoms with E-state index < -0.39 is 0 Å². The van der Waals surface area contributed by atoms with Gasteiger partial charge in [-0.3, -0.25) is 4.79 Å². The van der Waals surface area contributed by atoms with Gasteiger partial charge in [0.2, 0.25) is 5.91 Å². The molecule has 0 heterocycles. The van der Waals surface area contributed by atoms with Gasteiger partial charge in [0, 0.05) is 12.1 Å². The second-order valence-corrected chi connectivity index (χ2v) is 3.76. The van der Waals surface area contributed by atoms with Crippen LogP contribution in [0.25, 0.3) is 5.57 Å². The fourth-order valence-electron chi connectivity index (χ4n) is 1.38. The largest absolute Gasteiger partial charge is 0.349 e. The summed E-state index contributed by atoms with van der Waals surface area (Å²) in [5.74, 6) is -0.415. The van der Waals surface area contributed by atoms with Crippen LogP contribution < -0.4 is 5.32 Å². The van der Waals surface area contributed by atoms with Gasteiger partial charge in [-0.1, -0.05) is 18.2 Å². The summed E-state index contributed by atoms with van der Waals surface area (Å²) in [6, 6.07) is 6.09. The first-order valence-electron chi connectivity index (χ1n) is 5.38. The number of nitrogens with one attached hydrogen (secondary N) is 1. The Bertz CT molecular complexity index is 446. The molecule has 0 aliphatic heterocycles. The molecule has 1 aromatic carbocycles. The maximum Gasteiger partial charge on any atom is 0.247 e. The van der Waals surface area contributed by atoms with E-state index >= 15 is 0 Å². The number of benzene rings is 1. The van der Waals surface area contributed by atoms with Gasteiger partial charge in [-0.2, -0.15) is 0 Å². The predicted octanol–water partition coefficient (Wildman–Crippen LogP) is 2.92. The number of amides is 1. The van der Waals surface area contributed by atoms with Crippen LogP contribution in [0, 0.1) is 5.82 Å². The maximum absolute atomic E-state index is 12.8. The van der Waals surface area contributed by atoms with Crippen LogP contribution in [0.1, 0.15) is 19.4 Å². The summed E-state index contributed by atoms with van der Waals surface area (Å²) in [6.45, 7) is 7.56. The monoisotopic (exact) mass is 233 g/mol. The van der Waals surface area contributed by atoms with Crippen LogP contribution in [0.15, 0.2) is 42.5 Å². The van der Waals surface area contributed by atoms with E-state index in [2.05, 4.69) is 11.9 Å². The molecule has 3 heteroatoms. The van der Waals surface area contributed by atoms with Crippen molar-refractivity contribution in [3.63, 3.8) is 0 Å². The maximum atomic E-state index is 12.8. The highest BCUT2D eigenvalue weighted by atomic mass is 19.1. The van der Waals surface area contributed by atoms with Gasteiger partial charge in [-0.25, -0.2) is 4.39 Å². The van der Waals surface area contributed by atoms with Crippen molar-refractivity contribution in [2.45, 2.75) is 13.8 Å². The van der Waals surface area contributed by atoms with Gasteiger partial charge in [-0.05, 0) is 37.1 Å². The minimum absolute atomic E-state index is 0.133. The minimum Gasteiger partial charge on any atom is -0.349 e. The zero-order chi connectivity index (χ0) is 12.8. The Kier molecular flexibility index (Phi) is 4.64. The van der Waals surface area contributed by atoms with E-state index in [4.69, 9.17) is 0 Å². The highest BCUT2D eigenvalue weighted by molar-refractivity contribution is 6.00. The first-order chi connectivity index (χ1) is 8.06. The van der Waals surface area contributed by atoms with Gasteiger partial charge < -0.3 is 5.32 Å². The quantitative estimate of drug-likeness (QED) is 0.628. The molecular formula is C14H16FNO. The molecule has 0 saturated heterocycles. The Morgan fingerprint density at radius 2 is 1.94 bits per heavy atom. The van der Waals surface area contributed by atoms with Gasteiger partial charge in [0.1, 0.15) is 5.82 Å². The summed E-state index contributed by atoms with van der Waals surface area (Å²) in [6.07, 6.45) is 1.62. The van der Waals surface area contributed by atoms with E-state index in [-0.39, 0.29) is 11.7 Å². The van der Waals surface area contributed by atoms with Gasteiger partial charge in [0.05, 0.1) is 0 Å². The topological polar surface area (TPSA) is 29.1 Å². The zero-order valence-corrected chi connectivity index (χ0v) is 10.1. The molecular weight excluding hydrogens is 217 g/mol. The predicted molar refractivity (Wildman–Crippen MR) is 67.9 cm³/mol. The van der Waals surface area contributed by atoms with Crippen molar-refractivity contribution in [3.8, 4) is 0 Å². The van der Waals surface area contributed by atoms with Gasteiger partial charge >= 0.3 is 0 Å². The number of halogens is 1. The van der Waals surface area contributed by atoms with Crippen molar-refractivity contribution in [2.75, 3.05) is 6.54 Å². The fraction of sp³-hybridized carbons (Fsp3) is 0.214. The molecule has 0 unspecified atom stereocenters. The summed E-state index contributed by atoms with van der Waals surface area (Å²) in [5.41, 5.74) is 2.31. The molecule has 0 atom stereocenters. The SMILES string of the molecule is C=CCNC(=O)/C(C)=C(\C)c1ccc(F)cc1. The number of allylic oxidation sites excluding steroid dienone is 1. The number of hydrogen-bond acceptors (Lipinski definition) is 1. The smallest absolute Gasteiger partial charge is 0.247 e. The third-order valence-electron chi connectivity index (χ3n) is 2.59. The van der Waals surface area contributed by atoms with Crippen LogP contribution in [-0.4, -0.2) is 12.5 Å². The van der Waals surface area contributed by atoms with Crippen molar-refractivity contribution in [3.05, 3.63) is 53.9 Å². The molecule has 1 N–H and O–H groups in total. The lowest BCUT2D eigenvalue weighted by atomic mass is 10.0. The molecule has 0 aliphatic rings. The molecule has 0 aliphatic carbocycles. The Labute approximate surface area is 101 Å². The highest BCUT2D eigenvalue weighted by Crippen LogP contribution is 2.18. The molecule has 0 fully saturated rings. The lowest BCUT2D eigenvalue weighted by molar-refractivity contribution is -0.117. The van der Waals surface area contributed by atoms with Crippen molar-refractivity contribution in [1.82, 2.24) is 5.32 Å². The van der Waals surface area contributed by atoms with Gasteiger partial charge in [0.25, 0.3) is 0 Å². The van der Waals surface area contributed by atoms with Gasteiger partial charge in [0.15, 0.2) is 0 Å². The van der Waals surface area contributed by atoms with E-state index in [1.54, 1.807) is 25.1 Å². The molecule has 1 rings (SSSR count). The first kappa shape index (κ1) is 13.2. The van der Waals surface area contributed by atoms with E-state index in [1.165, 1.54) is 12.1 Å². The zero-order valence-electron chi connectivity index (χ0n) is 10.1. The summed E-state index contributed by atoms with van der Waals surface area (Å²) in [4.78, 5) is 11.7. The Balaban J connectivity index is 2.92. The van der Waals surface area contributed by atoms with E-state index in [0.29, 0.717) is 12.1 Å². The normalized spacial score (nSPS) is 11.7. The third-order valence-corrected chi connectivity index (χ3v) is 2.59. The molecule has 0 saturated carbocycles. The molecule has 90 valence electrons. The minimum atomic E-state index is -0.282. The van der Waals surface area contributed by atoms with E-state index in [0.717, 1.165) is 11.1 Å². The number of carbonyl (C=O) groups is 1. The fourth-order valence-corrected chi connectivity index (χ4v) is 1.38.